The van der Waals surface area contributed by atoms with Gasteiger partial charge < -0.3 is 9.64 Å². The van der Waals surface area contributed by atoms with Gasteiger partial charge in [0.2, 0.25) is 0 Å². The molecule has 0 N–H and O–H groups in total. The maximum Gasteiger partial charge on any atom is 0.0938 e. The molecule has 0 spiro atoms. The Kier molecular flexibility index (Phi) is 6.34. The molecule has 0 aromatic heterocycles. The number of allylic oxidation sites excluding steroid dienone is 1. The molecule has 0 saturated carbocycles. The molecule has 0 amide bonds. The van der Waals surface area contributed by atoms with Crippen LogP contribution in [0.4, 0.5) is 5.69 Å². The van der Waals surface area contributed by atoms with Crippen LogP contribution in [0.2, 0.25) is 0 Å². The second-order valence-electron chi connectivity index (χ2n) is 4.47. The summed E-state index contributed by atoms with van der Waals surface area (Å²) in [6.07, 6.45) is 3.66. The first kappa shape index (κ1) is 14.6. The summed E-state index contributed by atoms with van der Waals surface area (Å²) in [5.41, 5.74) is 2.63. The lowest BCUT2D eigenvalue weighted by molar-refractivity contribution is 0.231. The van der Waals surface area contributed by atoms with E-state index in [1.54, 1.807) is 6.26 Å². The Hall–Kier alpha value is -1.44. The lowest BCUT2D eigenvalue weighted by Crippen LogP contribution is -2.21. The average molecular weight is 247 g/mol. The highest BCUT2D eigenvalue weighted by Gasteiger charge is 2.07. The van der Waals surface area contributed by atoms with E-state index in [2.05, 4.69) is 49.9 Å². The fourth-order valence-corrected chi connectivity index (χ4v) is 1.99. The molecule has 1 unspecified atom stereocenters. The zero-order valence-corrected chi connectivity index (χ0v) is 12.0. The van der Waals surface area contributed by atoms with Crippen LogP contribution in [-0.4, -0.2) is 19.7 Å². The fraction of sp³-hybridized carbons (Fsp3) is 0.500. The summed E-state index contributed by atoms with van der Waals surface area (Å²) in [7, 11) is 0. The minimum atomic E-state index is 0.423. The molecule has 18 heavy (non-hydrogen) atoms. The van der Waals surface area contributed by atoms with Crippen molar-refractivity contribution in [1.82, 2.24) is 0 Å². The second-order valence-corrected chi connectivity index (χ2v) is 4.47. The second kappa shape index (κ2) is 7.80. The van der Waals surface area contributed by atoms with E-state index in [-0.39, 0.29) is 0 Å². The van der Waals surface area contributed by atoms with Gasteiger partial charge in [0.15, 0.2) is 0 Å². The van der Waals surface area contributed by atoms with Crippen LogP contribution in [0.1, 0.15) is 39.2 Å². The number of benzene rings is 1. The van der Waals surface area contributed by atoms with Crippen molar-refractivity contribution in [2.45, 2.75) is 33.6 Å². The Morgan fingerprint density at radius 2 is 1.78 bits per heavy atom. The molecule has 0 fully saturated rings. The first-order valence-corrected chi connectivity index (χ1v) is 6.80. The third-order valence-electron chi connectivity index (χ3n) is 3.17. The Morgan fingerprint density at radius 3 is 2.28 bits per heavy atom. The minimum absolute atomic E-state index is 0.423. The topological polar surface area (TPSA) is 12.5 Å². The van der Waals surface area contributed by atoms with Gasteiger partial charge in [-0.2, -0.15) is 0 Å². The molecule has 2 heteroatoms. The van der Waals surface area contributed by atoms with E-state index in [0.717, 1.165) is 19.7 Å². The van der Waals surface area contributed by atoms with Gasteiger partial charge in [0.25, 0.3) is 0 Å². The summed E-state index contributed by atoms with van der Waals surface area (Å²) >= 11 is 0. The Morgan fingerprint density at radius 1 is 1.17 bits per heavy atom. The van der Waals surface area contributed by atoms with Crippen molar-refractivity contribution in [2.75, 3.05) is 24.6 Å². The number of hydrogen-bond acceptors (Lipinski definition) is 2. The van der Waals surface area contributed by atoms with Gasteiger partial charge in [0.05, 0.1) is 12.9 Å². The molecular formula is C16H25NO. The van der Waals surface area contributed by atoms with Crippen LogP contribution < -0.4 is 4.90 Å². The van der Waals surface area contributed by atoms with Crippen LogP contribution >= 0.6 is 0 Å². The van der Waals surface area contributed by atoms with Crippen LogP contribution in [0.25, 0.3) is 0 Å². The third kappa shape index (κ3) is 4.10. The molecule has 0 aliphatic carbocycles. The van der Waals surface area contributed by atoms with Gasteiger partial charge in [-0.25, -0.2) is 0 Å². The molecule has 100 valence electrons. The zero-order valence-electron chi connectivity index (χ0n) is 12.0. The monoisotopic (exact) mass is 247 g/mol. The molecule has 2 nitrogen and oxygen atoms in total. The minimum Gasteiger partial charge on any atom is -0.501 e. The number of anilines is 1. The van der Waals surface area contributed by atoms with Crippen molar-refractivity contribution in [3.63, 3.8) is 0 Å². The number of nitrogens with zero attached hydrogens (tertiary/aromatic N) is 1. The zero-order chi connectivity index (χ0) is 13.4. The van der Waals surface area contributed by atoms with Crippen molar-refractivity contribution in [3.8, 4) is 0 Å². The molecule has 1 aromatic carbocycles. The summed E-state index contributed by atoms with van der Waals surface area (Å²) in [5.74, 6) is 0.423. The highest BCUT2D eigenvalue weighted by Crippen LogP contribution is 2.20. The van der Waals surface area contributed by atoms with Gasteiger partial charge in [-0.15, -0.1) is 0 Å². The largest absolute Gasteiger partial charge is 0.501 e. The normalized spacial score (nSPS) is 12.7. The number of ether oxygens (including phenoxy) is 1. The van der Waals surface area contributed by atoms with E-state index in [1.807, 2.05) is 13.0 Å². The van der Waals surface area contributed by atoms with Gasteiger partial charge in [-0.3, -0.25) is 0 Å². The predicted octanol–water partition coefficient (Wildman–Crippen LogP) is 4.19. The van der Waals surface area contributed by atoms with Crippen molar-refractivity contribution < 1.29 is 4.74 Å². The molecule has 0 bridgehead atoms. The highest BCUT2D eigenvalue weighted by atomic mass is 16.5. The fourth-order valence-electron chi connectivity index (χ4n) is 1.99. The summed E-state index contributed by atoms with van der Waals surface area (Å²) in [5, 5.41) is 0. The summed E-state index contributed by atoms with van der Waals surface area (Å²) in [4.78, 5) is 2.35. The van der Waals surface area contributed by atoms with E-state index in [0.29, 0.717) is 5.92 Å². The summed E-state index contributed by atoms with van der Waals surface area (Å²) in [6.45, 7) is 11.4. The lowest BCUT2D eigenvalue weighted by atomic mass is 10.0. The van der Waals surface area contributed by atoms with Crippen molar-refractivity contribution in [3.05, 3.63) is 42.2 Å². The molecule has 0 heterocycles. The van der Waals surface area contributed by atoms with Gasteiger partial charge in [-0.05, 0) is 38.5 Å². The van der Waals surface area contributed by atoms with Crippen LogP contribution in [0.3, 0.4) is 0 Å². The molecule has 1 atom stereocenters. The quantitative estimate of drug-likeness (QED) is 0.670. The van der Waals surface area contributed by atoms with Gasteiger partial charge >= 0.3 is 0 Å². The Balaban J connectivity index is 2.64. The maximum atomic E-state index is 5.43. The molecule has 1 rings (SSSR count). The Labute approximate surface area is 111 Å². The number of rotatable bonds is 7. The van der Waals surface area contributed by atoms with Crippen molar-refractivity contribution >= 4 is 5.69 Å². The van der Waals surface area contributed by atoms with E-state index < -0.39 is 0 Å². The van der Waals surface area contributed by atoms with Crippen LogP contribution in [0.5, 0.6) is 0 Å². The Bertz CT molecular complexity index is 352. The van der Waals surface area contributed by atoms with E-state index in [4.69, 9.17) is 4.74 Å². The van der Waals surface area contributed by atoms with Crippen molar-refractivity contribution in [2.24, 2.45) is 0 Å². The molecule has 0 aliphatic heterocycles. The molecular weight excluding hydrogens is 222 g/mol. The van der Waals surface area contributed by atoms with E-state index in [1.165, 1.54) is 11.3 Å². The van der Waals surface area contributed by atoms with Gasteiger partial charge in [-0.1, -0.05) is 25.1 Å². The standard InChI is InChI=1S/C16H25NO/c1-5-12-18-13-14(4)15-8-10-16(11-9-15)17(6-2)7-3/h5,8-12,14H,6-7,13H2,1-4H3. The van der Waals surface area contributed by atoms with E-state index >= 15 is 0 Å². The van der Waals surface area contributed by atoms with Crippen molar-refractivity contribution in [1.29, 1.82) is 0 Å². The SMILES string of the molecule is CC=COCC(C)c1ccc(N(CC)CC)cc1. The van der Waals surface area contributed by atoms with Crippen LogP contribution in [0.15, 0.2) is 36.6 Å². The first-order valence-electron chi connectivity index (χ1n) is 6.80. The average Bonchev–Trinajstić information content (AvgIpc) is 2.41. The summed E-state index contributed by atoms with van der Waals surface area (Å²) < 4.78 is 5.43. The predicted molar refractivity (Wildman–Crippen MR) is 79.2 cm³/mol. The number of hydrogen-bond donors (Lipinski definition) is 0. The van der Waals surface area contributed by atoms with Gasteiger partial charge in [0, 0.05) is 24.7 Å². The third-order valence-corrected chi connectivity index (χ3v) is 3.17. The molecule has 0 radical (unpaired) electrons. The lowest BCUT2D eigenvalue weighted by Gasteiger charge is -2.21. The van der Waals surface area contributed by atoms with Gasteiger partial charge in [0.1, 0.15) is 0 Å². The smallest absolute Gasteiger partial charge is 0.0938 e. The van der Waals surface area contributed by atoms with E-state index in [9.17, 15) is 0 Å². The molecule has 1 aromatic rings. The van der Waals surface area contributed by atoms with Crippen LogP contribution in [0, 0.1) is 0 Å². The molecule has 0 saturated heterocycles. The first-order chi connectivity index (χ1) is 8.72. The highest BCUT2D eigenvalue weighted by molar-refractivity contribution is 5.47. The maximum absolute atomic E-state index is 5.43. The molecule has 0 aliphatic rings. The summed E-state index contributed by atoms with van der Waals surface area (Å²) in [6, 6.07) is 8.82. The van der Waals surface area contributed by atoms with Crippen LogP contribution in [-0.2, 0) is 4.74 Å².